The maximum atomic E-state index is 10.5. The zero-order valence-electron chi connectivity index (χ0n) is 10.7. The third-order valence-corrected chi connectivity index (χ3v) is 2.90. The Morgan fingerprint density at radius 2 is 2.26 bits per heavy atom. The van der Waals surface area contributed by atoms with Crippen molar-refractivity contribution in [2.24, 2.45) is 0 Å². The largest absolute Gasteiger partial charge is 0.482 e. The van der Waals surface area contributed by atoms with Crippen molar-refractivity contribution in [1.82, 2.24) is 5.32 Å². The Balaban J connectivity index is 2.73. The molecule has 0 amide bonds. The van der Waals surface area contributed by atoms with Crippen LogP contribution in [0.5, 0.6) is 5.75 Å². The number of nitrogens with one attached hydrogen (secondary N) is 1. The Labute approximate surface area is 117 Å². The number of aliphatic carboxylic acids is 1. The fourth-order valence-corrected chi connectivity index (χ4v) is 1.75. The van der Waals surface area contributed by atoms with Gasteiger partial charge in [-0.25, -0.2) is 4.79 Å². The molecule has 0 aliphatic rings. The molecule has 3 N–H and O–H groups in total. The van der Waals surface area contributed by atoms with Gasteiger partial charge in [0.25, 0.3) is 0 Å². The highest BCUT2D eigenvalue weighted by molar-refractivity contribution is 6.30. The van der Waals surface area contributed by atoms with Crippen LogP contribution in [0.3, 0.4) is 0 Å². The van der Waals surface area contributed by atoms with Crippen molar-refractivity contribution in [1.29, 1.82) is 0 Å². The summed E-state index contributed by atoms with van der Waals surface area (Å²) in [6.45, 7) is 2.07. The fraction of sp³-hybridized carbons (Fsp3) is 0.462. The minimum absolute atomic E-state index is 0.00805. The van der Waals surface area contributed by atoms with E-state index in [4.69, 9.17) is 26.6 Å². The molecule has 0 saturated heterocycles. The first-order chi connectivity index (χ1) is 9.06. The number of hydrogen-bond donors (Lipinski definition) is 3. The second-order valence-corrected chi connectivity index (χ2v) is 4.54. The molecule has 19 heavy (non-hydrogen) atoms. The lowest BCUT2D eigenvalue weighted by atomic mass is 10.1. The predicted molar refractivity (Wildman–Crippen MR) is 72.6 cm³/mol. The number of carbonyl (C=O) groups is 1. The molecule has 0 aromatic heterocycles. The van der Waals surface area contributed by atoms with Crippen LogP contribution in [0.2, 0.25) is 5.02 Å². The number of hydrogen-bond acceptors (Lipinski definition) is 4. The molecule has 0 aliphatic carbocycles. The Kier molecular flexibility index (Phi) is 6.62. The number of ether oxygens (including phenoxy) is 1. The zero-order valence-corrected chi connectivity index (χ0v) is 11.5. The number of carboxylic acids is 1. The van der Waals surface area contributed by atoms with E-state index in [-0.39, 0.29) is 12.6 Å². The molecule has 1 aromatic carbocycles. The highest BCUT2D eigenvalue weighted by Gasteiger charge is 2.09. The molecule has 6 heteroatoms. The van der Waals surface area contributed by atoms with Crippen molar-refractivity contribution in [3.05, 3.63) is 28.8 Å². The first-order valence-electron chi connectivity index (χ1n) is 6.04. The van der Waals surface area contributed by atoms with Crippen molar-refractivity contribution in [2.45, 2.75) is 25.9 Å². The number of aliphatic hydroxyl groups excluding tert-OH is 1. The monoisotopic (exact) mass is 287 g/mol. The van der Waals surface area contributed by atoms with Crippen molar-refractivity contribution >= 4 is 17.6 Å². The first-order valence-corrected chi connectivity index (χ1v) is 6.41. The van der Waals surface area contributed by atoms with Crippen LogP contribution < -0.4 is 10.1 Å². The summed E-state index contributed by atoms with van der Waals surface area (Å²) < 4.78 is 5.19. The maximum Gasteiger partial charge on any atom is 0.341 e. The van der Waals surface area contributed by atoms with Gasteiger partial charge < -0.3 is 20.3 Å². The number of benzene rings is 1. The van der Waals surface area contributed by atoms with Gasteiger partial charge in [-0.15, -0.1) is 0 Å². The molecule has 5 nitrogen and oxygen atoms in total. The van der Waals surface area contributed by atoms with Crippen molar-refractivity contribution in [3.8, 4) is 5.75 Å². The summed E-state index contributed by atoms with van der Waals surface area (Å²) in [5.41, 5.74) is 0.764. The van der Waals surface area contributed by atoms with Crippen LogP contribution in [0, 0.1) is 0 Å². The summed E-state index contributed by atoms with van der Waals surface area (Å²) in [6.07, 6.45) is 0.794. The molecule has 0 aliphatic heterocycles. The van der Waals surface area contributed by atoms with E-state index in [0.29, 0.717) is 17.3 Å². The minimum Gasteiger partial charge on any atom is -0.482 e. The second kappa shape index (κ2) is 7.99. The molecular weight excluding hydrogens is 270 g/mol. The number of halogens is 1. The minimum atomic E-state index is -1.03. The third-order valence-electron chi connectivity index (χ3n) is 2.67. The van der Waals surface area contributed by atoms with Gasteiger partial charge in [-0.05, 0) is 24.6 Å². The summed E-state index contributed by atoms with van der Waals surface area (Å²) in [5, 5.41) is 21.4. The lowest BCUT2D eigenvalue weighted by molar-refractivity contribution is -0.139. The van der Waals surface area contributed by atoms with E-state index in [2.05, 4.69) is 5.32 Å². The average Bonchev–Trinajstić information content (AvgIpc) is 2.38. The summed E-state index contributed by atoms with van der Waals surface area (Å²) in [4.78, 5) is 10.5. The highest BCUT2D eigenvalue weighted by Crippen LogP contribution is 2.23. The van der Waals surface area contributed by atoms with Crippen LogP contribution in [0.4, 0.5) is 0 Å². The molecule has 0 spiro atoms. The molecular formula is C13H18ClNO4. The molecule has 0 saturated carbocycles. The number of rotatable bonds is 8. The average molecular weight is 288 g/mol. The maximum absolute atomic E-state index is 10.5. The first kappa shape index (κ1) is 15.8. The summed E-state index contributed by atoms with van der Waals surface area (Å²) >= 11 is 5.91. The van der Waals surface area contributed by atoms with Crippen LogP contribution in [0.1, 0.15) is 18.9 Å². The zero-order chi connectivity index (χ0) is 14.3. The standard InChI is InChI=1S/C13H18ClNO4/c1-2-11(7-16)15-6-9-5-10(14)3-4-12(9)19-8-13(17)18/h3-5,11,15-16H,2,6-8H2,1H3,(H,17,18)/t11-/m0/s1. The molecule has 0 unspecified atom stereocenters. The molecule has 106 valence electrons. The van der Waals surface area contributed by atoms with Crippen LogP contribution in [-0.2, 0) is 11.3 Å². The van der Waals surface area contributed by atoms with Gasteiger partial charge >= 0.3 is 5.97 Å². The van der Waals surface area contributed by atoms with Crippen molar-refractivity contribution in [2.75, 3.05) is 13.2 Å². The molecule has 0 bridgehead atoms. The van der Waals surface area contributed by atoms with E-state index >= 15 is 0 Å². The van der Waals surface area contributed by atoms with E-state index in [1.807, 2.05) is 6.92 Å². The Bertz CT molecular complexity index is 421. The van der Waals surface area contributed by atoms with E-state index < -0.39 is 12.6 Å². The molecule has 0 heterocycles. The quantitative estimate of drug-likeness (QED) is 0.678. The molecule has 0 radical (unpaired) electrons. The van der Waals surface area contributed by atoms with Gasteiger partial charge in [-0.2, -0.15) is 0 Å². The third kappa shape index (κ3) is 5.46. The van der Waals surface area contributed by atoms with Gasteiger partial charge in [-0.1, -0.05) is 18.5 Å². The Morgan fingerprint density at radius 1 is 1.53 bits per heavy atom. The van der Waals surface area contributed by atoms with Crippen LogP contribution >= 0.6 is 11.6 Å². The van der Waals surface area contributed by atoms with Crippen LogP contribution in [0.25, 0.3) is 0 Å². The number of aliphatic hydroxyl groups is 1. The summed E-state index contributed by atoms with van der Waals surface area (Å²) in [6, 6.07) is 5.00. The summed E-state index contributed by atoms with van der Waals surface area (Å²) in [7, 11) is 0. The van der Waals surface area contributed by atoms with Gasteiger partial charge in [0.2, 0.25) is 0 Å². The lowest BCUT2D eigenvalue weighted by Crippen LogP contribution is -2.31. The van der Waals surface area contributed by atoms with Gasteiger partial charge in [0.1, 0.15) is 5.75 Å². The molecule has 1 aromatic rings. The molecule has 0 fully saturated rings. The smallest absolute Gasteiger partial charge is 0.341 e. The predicted octanol–water partition coefficient (Wildman–Crippen LogP) is 1.66. The highest BCUT2D eigenvalue weighted by atomic mass is 35.5. The van der Waals surface area contributed by atoms with Gasteiger partial charge in [0.05, 0.1) is 6.61 Å². The topological polar surface area (TPSA) is 78.8 Å². The SMILES string of the molecule is CC[C@@H](CO)NCc1cc(Cl)ccc1OCC(=O)O. The molecule has 1 rings (SSSR count). The van der Waals surface area contributed by atoms with Crippen molar-refractivity contribution in [3.63, 3.8) is 0 Å². The van der Waals surface area contributed by atoms with E-state index in [0.717, 1.165) is 12.0 Å². The van der Waals surface area contributed by atoms with Gasteiger partial charge in [0, 0.05) is 23.2 Å². The summed E-state index contributed by atoms with van der Waals surface area (Å²) in [5.74, 6) is -0.553. The van der Waals surface area contributed by atoms with Gasteiger partial charge in [-0.3, -0.25) is 0 Å². The molecule has 1 atom stereocenters. The van der Waals surface area contributed by atoms with Crippen molar-refractivity contribution < 1.29 is 19.7 Å². The van der Waals surface area contributed by atoms with Crippen LogP contribution in [0.15, 0.2) is 18.2 Å². The van der Waals surface area contributed by atoms with Gasteiger partial charge in [0.15, 0.2) is 6.61 Å². The Hall–Kier alpha value is -1.30. The van der Waals surface area contributed by atoms with E-state index in [1.54, 1.807) is 18.2 Å². The van der Waals surface area contributed by atoms with E-state index in [9.17, 15) is 4.79 Å². The Morgan fingerprint density at radius 3 is 2.84 bits per heavy atom. The van der Waals surface area contributed by atoms with Crippen LogP contribution in [-0.4, -0.2) is 35.4 Å². The normalized spacial score (nSPS) is 12.2. The second-order valence-electron chi connectivity index (χ2n) is 4.10. The number of carboxylic acid groups (broad SMARTS) is 1. The fourth-order valence-electron chi connectivity index (χ4n) is 1.56. The lowest BCUT2D eigenvalue weighted by Gasteiger charge is -2.16. The van der Waals surface area contributed by atoms with E-state index in [1.165, 1.54) is 0 Å².